The van der Waals surface area contributed by atoms with E-state index in [0.29, 0.717) is 29.9 Å². The van der Waals surface area contributed by atoms with Crippen LogP contribution in [0.1, 0.15) is 39.6 Å². The number of carbonyl (C=O) groups excluding carboxylic acids is 1. The van der Waals surface area contributed by atoms with Crippen LogP contribution in [0.15, 0.2) is 47.5 Å². The van der Waals surface area contributed by atoms with Crippen molar-refractivity contribution in [1.29, 1.82) is 0 Å². The van der Waals surface area contributed by atoms with Gasteiger partial charge in [-0.1, -0.05) is 0 Å². The maximum absolute atomic E-state index is 14.1. The van der Waals surface area contributed by atoms with Gasteiger partial charge >= 0.3 is 0 Å². The van der Waals surface area contributed by atoms with Gasteiger partial charge in [0.05, 0.1) is 17.0 Å². The highest BCUT2D eigenvalue weighted by molar-refractivity contribution is 5.96. The van der Waals surface area contributed by atoms with Gasteiger partial charge in [0.1, 0.15) is 0 Å². The zero-order valence-electron chi connectivity index (χ0n) is 17.3. The summed E-state index contributed by atoms with van der Waals surface area (Å²) in [4.78, 5) is 29.8. The first-order valence-electron chi connectivity index (χ1n) is 10.2. The summed E-state index contributed by atoms with van der Waals surface area (Å²) in [7, 11) is 1.56. The van der Waals surface area contributed by atoms with Crippen molar-refractivity contribution in [3.05, 3.63) is 87.1 Å². The fourth-order valence-corrected chi connectivity index (χ4v) is 4.40. The topological polar surface area (TPSA) is 69.6 Å². The molecule has 1 aromatic carbocycles. The van der Waals surface area contributed by atoms with Gasteiger partial charge in [0.2, 0.25) is 0 Å². The monoisotopic (exact) mass is 458 g/mol. The SMILES string of the molecule is CN(C(=O)c1cc2ccc(C(F)F)cn2c1)[C@@H]1CNCc2[nH]c(=O)c3cc(F)c(F)cc3c21. The van der Waals surface area contributed by atoms with Crippen molar-refractivity contribution in [1.82, 2.24) is 19.6 Å². The molecule has 3 aromatic heterocycles. The summed E-state index contributed by atoms with van der Waals surface area (Å²) in [6, 6.07) is 5.64. The Bertz CT molecular complexity index is 1480. The van der Waals surface area contributed by atoms with Crippen molar-refractivity contribution in [2.75, 3.05) is 13.6 Å². The predicted molar refractivity (Wildman–Crippen MR) is 113 cm³/mol. The fraction of sp³-hybridized carbons (Fsp3) is 0.217. The van der Waals surface area contributed by atoms with Crippen LogP contribution in [-0.2, 0) is 6.54 Å². The number of hydrogen-bond donors (Lipinski definition) is 2. The number of amides is 1. The highest BCUT2D eigenvalue weighted by Gasteiger charge is 2.31. The Hall–Kier alpha value is -3.66. The highest BCUT2D eigenvalue weighted by Crippen LogP contribution is 2.33. The molecular formula is C23H18F4N4O2. The van der Waals surface area contributed by atoms with E-state index in [-0.39, 0.29) is 27.8 Å². The zero-order chi connectivity index (χ0) is 23.4. The predicted octanol–water partition coefficient (Wildman–Crippen LogP) is 3.91. The summed E-state index contributed by atoms with van der Waals surface area (Å²) >= 11 is 0. The number of fused-ring (bicyclic) bond motifs is 4. The number of likely N-dealkylation sites (N-methyl/N-ethyl adjacent to an activating group) is 1. The average Bonchev–Trinajstić information content (AvgIpc) is 3.22. The number of aromatic amines is 1. The minimum atomic E-state index is -2.64. The lowest BCUT2D eigenvalue weighted by atomic mass is 9.93. The van der Waals surface area contributed by atoms with Gasteiger partial charge in [0, 0.05) is 54.9 Å². The number of H-pyrrole nitrogens is 1. The van der Waals surface area contributed by atoms with Crippen LogP contribution in [0.3, 0.4) is 0 Å². The second kappa shape index (κ2) is 7.73. The maximum Gasteiger partial charge on any atom is 0.265 e. The third-order valence-corrected chi connectivity index (χ3v) is 6.06. The molecule has 0 aliphatic carbocycles. The fourth-order valence-electron chi connectivity index (χ4n) is 4.40. The highest BCUT2D eigenvalue weighted by atomic mass is 19.3. The molecule has 1 aliphatic rings. The summed E-state index contributed by atoms with van der Waals surface area (Å²) in [6.07, 6.45) is 0.102. The van der Waals surface area contributed by atoms with E-state index in [9.17, 15) is 27.2 Å². The molecule has 5 rings (SSSR count). The van der Waals surface area contributed by atoms with E-state index in [1.807, 2.05) is 0 Å². The molecule has 1 atom stereocenters. The zero-order valence-corrected chi connectivity index (χ0v) is 17.3. The number of hydrogen-bond acceptors (Lipinski definition) is 3. The lowest BCUT2D eigenvalue weighted by Crippen LogP contribution is -2.42. The number of nitrogens with one attached hydrogen (secondary N) is 2. The number of benzene rings is 1. The minimum Gasteiger partial charge on any atom is -0.333 e. The smallest absolute Gasteiger partial charge is 0.265 e. The van der Waals surface area contributed by atoms with Crippen LogP contribution in [0, 0.1) is 11.6 Å². The molecule has 0 saturated heterocycles. The summed E-state index contributed by atoms with van der Waals surface area (Å²) in [5.74, 6) is -2.61. The van der Waals surface area contributed by atoms with Crippen molar-refractivity contribution >= 4 is 22.2 Å². The second-order valence-corrected chi connectivity index (χ2v) is 8.05. The molecule has 0 fully saturated rings. The molecule has 0 saturated carbocycles. The summed E-state index contributed by atoms with van der Waals surface area (Å²) in [6.45, 7) is 0.614. The third-order valence-electron chi connectivity index (χ3n) is 6.06. The Morgan fingerprint density at radius 3 is 2.58 bits per heavy atom. The van der Waals surface area contributed by atoms with E-state index in [2.05, 4.69) is 10.3 Å². The Labute approximate surface area is 184 Å². The molecule has 10 heteroatoms. The van der Waals surface area contributed by atoms with Gasteiger partial charge < -0.3 is 19.6 Å². The first kappa shape index (κ1) is 21.2. The summed E-state index contributed by atoms with van der Waals surface area (Å²) in [5.41, 5.74) is 1.15. The van der Waals surface area contributed by atoms with Crippen LogP contribution in [0.2, 0.25) is 0 Å². The van der Waals surface area contributed by atoms with Crippen molar-refractivity contribution in [2.24, 2.45) is 0 Å². The van der Waals surface area contributed by atoms with E-state index < -0.39 is 29.7 Å². The lowest BCUT2D eigenvalue weighted by molar-refractivity contribution is 0.0723. The Morgan fingerprint density at radius 2 is 1.85 bits per heavy atom. The molecule has 0 unspecified atom stereocenters. The van der Waals surface area contributed by atoms with Gasteiger partial charge in [-0.25, -0.2) is 17.6 Å². The van der Waals surface area contributed by atoms with Gasteiger partial charge in [0.15, 0.2) is 11.6 Å². The van der Waals surface area contributed by atoms with E-state index in [4.69, 9.17) is 0 Å². The number of rotatable bonds is 3. The summed E-state index contributed by atoms with van der Waals surface area (Å²) in [5, 5.41) is 3.36. The van der Waals surface area contributed by atoms with Crippen molar-refractivity contribution in [3.63, 3.8) is 0 Å². The number of nitrogens with zero attached hydrogens (tertiary/aromatic N) is 2. The van der Waals surface area contributed by atoms with Gasteiger partial charge in [-0.2, -0.15) is 0 Å². The molecule has 170 valence electrons. The molecule has 0 spiro atoms. The van der Waals surface area contributed by atoms with Crippen molar-refractivity contribution < 1.29 is 22.4 Å². The molecule has 4 aromatic rings. The van der Waals surface area contributed by atoms with Crippen LogP contribution >= 0.6 is 0 Å². The van der Waals surface area contributed by atoms with Gasteiger partial charge in [-0.15, -0.1) is 0 Å². The van der Waals surface area contributed by atoms with E-state index in [0.717, 1.165) is 12.1 Å². The van der Waals surface area contributed by atoms with Crippen LogP contribution in [0.25, 0.3) is 16.3 Å². The maximum atomic E-state index is 14.1. The van der Waals surface area contributed by atoms with Crippen LogP contribution < -0.4 is 10.9 Å². The van der Waals surface area contributed by atoms with Gasteiger partial charge in [-0.05, 0) is 35.7 Å². The minimum absolute atomic E-state index is 0.00506. The first-order chi connectivity index (χ1) is 15.7. The normalized spacial score (nSPS) is 15.9. The van der Waals surface area contributed by atoms with Crippen molar-refractivity contribution in [3.8, 4) is 0 Å². The largest absolute Gasteiger partial charge is 0.333 e. The van der Waals surface area contributed by atoms with E-state index >= 15 is 0 Å². The first-order valence-corrected chi connectivity index (χ1v) is 10.2. The second-order valence-electron chi connectivity index (χ2n) is 8.05. The number of pyridine rings is 2. The Balaban J connectivity index is 1.58. The number of halogens is 4. The molecule has 2 N–H and O–H groups in total. The Kier molecular flexibility index (Phi) is 4.97. The third kappa shape index (κ3) is 3.46. The van der Waals surface area contributed by atoms with Crippen LogP contribution in [0.4, 0.5) is 17.6 Å². The number of carbonyl (C=O) groups is 1. The number of alkyl halides is 2. The van der Waals surface area contributed by atoms with Gasteiger partial charge in [0.25, 0.3) is 17.9 Å². The van der Waals surface area contributed by atoms with E-state index in [1.54, 1.807) is 13.1 Å². The lowest BCUT2D eigenvalue weighted by Gasteiger charge is -2.34. The number of aromatic nitrogens is 2. The van der Waals surface area contributed by atoms with Gasteiger partial charge in [-0.3, -0.25) is 9.59 Å². The van der Waals surface area contributed by atoms with Crippen LogP contribution in [0.5, 0.6) is 0 Å². The van der Waals surface area contributed by atoms with E-state index in [1.165, 1.54) is 33.8 Å². The molecule has 4 heterocycles. The molecule has 1 aliphatic heterocycles. The average molecular weight is 458 g/mol. The standard InChI is InChI=1S/C23H18F4N4O2/c1-30(23(33)12-4-13-3-2-11(21(26)27)9-31(13)10-12)19-8-28-7-18-20(19)14-5-16(24)17(25)6-15(14)22(32)29-18/h2-6,9-10,19,21,28H,7-8H2,1H3,(H,29,32)/t19-/m1/s1. The summed E-state index contributed by atoms with van der Waals surface area (Å²) < 4.78 is 55.3. The molecule has 0 radical (unpaired) electrons. The van der Waals surface area contributed by atoms with Crippen LogP contribution in [-0.4, -0.2) is 33.8 Å². The molecule has 6 nitrogen and oxygen atoms in total. The molecule has 0 bridgehead atoms. The quantitative estimate of drug-likeness (QED) is 0.458. The molecular weight excluding hydrogens is 440 g/mol. The molecule has 33 heavy (non-hydrogen) atoms. The molecule has 1 amide bonds. The Morgan fingerprint density at radius 1 is 1.12 bits per heavy atom. The van der Waals surface area contributed by atoms with Crippen molar-refractivity contribution in [2.45, 2.75) is 19.0 Å².